The summed E-state index contributed by atoms with van der Waals surface area (Å²) < 4.78 is 0. The second-order valence-electron chi connectivity index (χ2n) is 5.54. The number of carbonyl (C=O) groups is 1. The fraction of sp³-hybridized carbons (Fsp3) is 0.150. The number of amides is 1. The van der Waals surface area contributed by atoms with E-state index in [-0.39, 0.29) is 5.91 Å². The molecule has 1 aromatic heterocycles. The molecule has 3 aromatic rings. The molecular formula is C20H19NOS2. The number of benzene rings is 2. The number of hydrogen-bond donors (Lipinski definition) is 0. The zero-order chi connectivity index (χ0) is 16.9. The van der Waals surface area contributed by atoms with Crippen LogP contribution < -0.4 is 0 Å². The van der Waals surface area contributed by atoms with Gasteiger partial charge in [0.25, 0.3) is 5.91 Å². The van der Waals surface area contributed by atoms with E-state index in [0.717, 1.165) is 21.6 Å². The summed E-state index contributed by atoms with van der Waals surface area (Å²) in [6, 6.07) is 20.5. The summed E-state index contributed by atoms with van der Waals surface area (Å²) >= 11 is 3.22. The average molecular weight is 354 g/mol. The predicted octanol–water partition coefficient (Wildman–Crippen LogP) is 5.41. The van der Waals surface area contributed by atoms with Crippen LogP contribution in [-0.2, 0) is 6.54 Å². The van der Waals surface area contributed by atoms with Crippen molar-refractivity contribution in [3.8, 4) is 11.1 Å². The number of thiophene rings is 1. The van der Waals surface area contributed by atoms with Crippen LogP contribution in [0.25, 0.3) is 11.1 Å². The second kappa shape index (κ2) is 7.69. The number of rotatable bonds is 5. The van der Waals surface area contributed by atoms with E-state index in [1.165, 1.54) is 16.2 Å². The molecule has 1 heterocycles. The lowest BCUT2D eigenvalue weighted by Gasteiger charge is -2.17. The molecular weight excluding hydrogens is 334 g/mol. The van der Waals surface area contributed by atoms with Gasteiger partial charge in [-0.25, -0.2) is 0 Å². The molecule has 0 N–H and O–H groups in total. The van der Waals surface area contributed by atoms with E-state index in [2.05, 4.69) is 30.5 Å². The third kappa shape index (κ3) is 3.71. The Morgan fingerprint density at radius 2 is 1.75 bits per heavy atom. The summed E-state index contributed by atoms with van der Waals surface area (Å²) in [7, 11) is 1.86. The number of thioether (sulfide) groups is 1. The first kappa shape index (κ1) is 16.8. The smallest absolute Gasteiger partial charge is 0.264 e. The minimum absolute atomic E-state index is 0.0674. The molecule has 0 aliphatic rings. The average Bonchev–Trinajstić information content (AvgIpc) is 3.12. The number of hydrogen-bond acceptors (Lipinski definition) is 3. The predicted molar refractivity (Wildman–Crippen MR) is 104 cm³/mol. The lowest BCUT2D eigenvalue weighted by molar-refractivity contribution is 0.0790. The van der Waals surface area contributed by atoms with Gasteiger partial charge in [-0.3, -0.25) is 4.79 Å². The minimum Gasteiger partial charge on any atom is -0.337 e. The Labute approximate surface area is 151 Å². The Morgan fingerprint density at radius 3 is 2.42 bits per heavy atom. The highest BCUT2D eigenvalue weighted by atomic mass is 32.2. The highest BCUT2D eigenvalue weighted by Crippen LogP contribution is 2.29. The largest absolute Gasteiger partial charge is 0.337 e. The lowest BCUT2D eigenvalue weighted by atomic mass is 10.1. The van der Waals surface area contributed by atoms with Crippen LogP contribution in [0.3, 0.4) is 0 Å². The molecule has 0 radical (unpaired) electrons. The van der Waals surface area contributed by atoms with Gasteiger partial charge in [-0.2, -0.15) is 0 Å². The van der Waals surface area contributed by atoms with Gasteiger partial charge in [0.05, 0.1) is 4.88 Å². The van der Waals surface area contributed by atoms with Gasteiger partial charge >= 0.3 is 0 Å². The van der Waals surface area contributed by atoms with E-state index >= 15 is 0 Å². The van der Waals surface area contributed by atoms with Crippen molar-refractivity contribution in [2.24, 2.45) is 0 Å². The molecule has 24 heavy (non-hydrogen) atoms. The summed E-state index contributed by atoms with van der Waals surface area (Å²) in [6.07, 6.45) is 2.06. The van der Waals surface area contributed by atoms with E-state index in [1.807, 2.05) is 48.8 Å². The van der Waals surface area contributed by atoms with E-state index < -0.39 is 0 Å². The second-order valence-corrected chi connectivity index (χ2v) is 7.33. The molecule has 0 aliphatic carbocycles. The Morgan fingerprint density at radius 1 is 1.04 bits per heavy atom. The van der Waals surface area contributed by atoms with Crippen molar-refractivity contribution in [3.63, 3.8) is 0 Å². The summed E-state index contributed by atoms with van der Waals surface area (Å²) in [4.78, 5) is 16.7. The fourth-order valence-corrected chi connectivity index (χ4v) is 3.89. The summed E-state index contributed by atoms with van der Waals surface area (Å²) in [5.74, 6) is 0.0674. The third-order valence-corrected chi connectivity index (χ3v) is 5.52. The van der Waals surface area contributed by atoms with Crippen molar-refractivity contribution in [2.75, 3.05) is 13.3 Å². The summed E-state index contributed by atoms with van der Waals surface area (Å²) in [6.45, 7) is 0.611. The van der Waals surface area contributed by atoms with Crippen molar-refractivity contribution < 1.29 is 4.79 Å². The van der Waals surface area contributed by atoms with Crippen LogP contribution in [0.1, 0.15) is 15.2 Å². The highest BCUT2D eigenvalue weighted by molar-refractivity contribution is 7.98. The molecule has 0 spiro atoms. The number of carbonyl (C=O) groups excluding carboxylic acids is 1. The van der Waals surface area contributed by atoms with Crippen LogP contribution in [0.4, 0.5) is 0 Å². The van der Waals surface area contributed by atoms with Crippen LogP contribution in [0.2, 0.25) is 0 Å². The Bertz CT molecular complexity index is 809. The maximum Gasteiger partial charge on any atom is 0.264 e. The zero-order valence-electron chi connectivity index (χ0n) is 13.7. The van der Waals surface area contributed by atoms with Crippen molar-refractivity contribution >= 4 is 29.0 Å². The van der Waals surface area contributed by atoms with Crippen molar-refractivity contribution in [1.29, 1.82) is 0 Å². The fourth-order valence-electron chi connectivity index (χ4n) is 2.57. The van der Waals surface area contributed by atoms with Crippen molar-refractivity contribution in [2.45, 2.75) is 11.4 Å². The maximum atomic E-state index is 12.9. The molecule has 4 heteroatoms. The molecule has 0 bridgehead atoms. The molecule has 2 nitrogen and oxygen atoms in total. The van der Waals surface area contributed by atoms with Crippen LogP contribution >= 0.6 is 23.1 Å². The Balaban J connectivity index is 1.78. The molecule has 0 aliphatic heterocycles. The first-order chi connectivity index (χ1) is 11.7. The quantitative estimate of drug-likeness (QED) is 0.572. The molecule has 0 fully saturated rings. The van der Waals surface area contributed by atoms with Crippen LogP contribution in [0.5, 0.6) is 0 Å². The molecule has 0 atom stereocenters. The maximum absolute atomic E-state index is 12.9. The van der Waals surface area contributed by atoms with Crippen LogP contribution in [0.15, 0.2) is 70.9 Å². The van der Waals surface area contributed by atoms with Gasteiger partial charge in [0.1, 0.15) is 0 Å². The topological polar surface area (TPSA) is 20.3 Å². The standard InChI is InChI=1S/C20H19NOS2/c1-21(14-15-8-10-17(23-2)11-9-15)20(22)19-18(12-13-24-19)16-6-4-3-5-7-16/h3-13H,14H2,1-2H3. The van der Waals surface area contributed by atoms with E-state index in [9.17, 15) is 4.79 Å². The molecule has 122 valence electrons. The highest BCUT2D eigenvalue weighted by Gasteiger charge is 2.18. The van der Waals surface area contributed by atoms with Gasteiger partial charge in [-0.05, 0) is 41.0 Å². The zero-order valence-corrected chi connectivity index (χ0v) is 15.4. The van der Waals surface area contributed by atoms with E-state index in [1.54, 1.807) is 16.7 Å². The van der Waals surface area contributed by atoms with Gasteiger partial charge in [0.2, 0.25) is 0 Å². The summed E-state index contributed by atoms with van der Waals surface area (Å²) in [5.41, 5.74) is 3.23. The van der Waals surface area contributed by atoms with Crippen LogP contribution in [-0.4, -0.2) is 24.1 Å². The van der Waals surface area contributed by atoms with Crippen LogP contribution in [0, 0.1) is 0 Å². The normalized spacial score (nSPS) is 10.6. The first-order valence-electron chi connectivity index (χ1n) is 7.70. The molecule has 3 rings (SSSR count). The van der Waals surface area contributed by atoms with Gasteiger partial charge in [0, 0.05) is 24.1 Å². The Hall–Kier alpha value is -2.04. The van der Waals surface area contributed by atoms with E-state index in [0.29, 0.717) is 6.54 Å². The molecule has 0 unspecified atom stereocenters. The Kier molecular flexibility index (Phi) is 5.38. The van der Waals surface area contributed by atoms with Crippen molar-refractivity contribution in [1.82, 2.24) is 4.90 Å². The molecule has 0 saturated heterocycles. The molecule has 0 saturated carbocycles. The van der Waals surface area contributed by atoms with E-state index in [4.69, 9.17) is 0 Å². The summed E-state index contributed by atoms with van der Waals surface area (Å²) in [5, 5.41) is 1.98. The molecule has 1 amide bonds. The SMILES string of the molecule is CSc1ccc(CN(C)C(=O)c2sccc2-c2ccccc2)cc1. The van der Waals surface area contributed by atoms with Gasteiger partial charge in [0.15, 0.2) is 0 Å². The van der Waals surface area contributed by atoms with Gasteiger partial charge in [-0.15, -0.1) is 23.1 Å². The first-order valence-corrected chi connectivity index (χ1v) is 9.81. The third-order valence-electron chi connectivity index (χ3n) is 3.87. The van der Waals surface area contributed by atoms with Gasteiger partial charge in [-0.1, -0.05) is 42.5 Å². The molecule has 2 aromatic carbocycles. The monoisotopic (exact) mass is 353 g/mol. The van der Waals surface area contributed by atoms with Gasteiger partial charge < -0.3 is 4.90 Å². The lowest BCUT2D eigenvalue weighted by Crippen LogP contribution is -2.25. The van der Waals surface area contributed by atoms with Crippen molar-refractivity contribution in [3.05, 3.63) is 76.5 Å². The minimum atomic E-state index is 0.0674. The number of nitrogens with zero attached hydrogens (tertiary/aromatic N) is 1.